The average Bonchev–Trinajstić information content (AvgIpc) is 3.16. The summed E-state index contributed by atoms with van der Waals surface area (Å²) in [5.41, 5.74) is 4.31. The number of carbonyl (C=O) groups is 1. The Labute approximate surface area is 178 Å². The van der Waals surface area contributed by atoms with Crippen molar-refractivity contribution >= 4 is 45.4 Å². The summed E-state index contributed by atoms with van der Waals surface area (Å²) in [6, 6.07) is 13.5. The summed E-state index contributed by atoms with van der Waals surface area (Å²) in [5, 5.41) is 4.03. The van der Waals surface area contributed by atoms with Crippen LogP contribution in [0.3, 0.4) is 0 Å². The Bertz CT molecular complexity index is 955. The number of fused-ring (bicyclic) bond motifs is 1. The quantitative estimate of drug-likeness (QED) is 0.218. The number of aromatic nitrogens is 1. The van der Waals surface area contributed by atoms with Gasteiger partial charge in [0, 0.05) is 0 Å². The fourth-order valence-electron chi connectivity index (χ4n) is 2.46. The average molecular weight is 430 g/mol. The third-order valence-corrected chi connectivity index (χ3v) is 6.13. The van der Waals surface area contributed by atoms with Crippen molar-refractivity contribution in [2.24, 2.45) is 5.10 Å². The van der Waals surface area contributed by atoms with Crippen molar-refractivity contribution in [1.29, 1.82) is 0 Å². The summed E-state index contributed by atoms with van der Waals surface area (Å²) in [6.07, 6.45) is 3.65. The molecule has 1 aromatic heterocycles. The van der Waals surface area contributed by atoms with E-state index in [-0.39, 0.29) is 11.7 Å². The minimum absolute atomic E-state index is 0.183. The molecule has 29 heavy (non-hydrogen) atoms. The molecule has 0 aliphatic rings. The first-order valence-corrected chi connectivity index (χ1v) is 11.1. The van der Waals surface area contributed by atoms with Crippen molar-refractivity contribution in [2.75, 3.05) is 19.5 Å². The van der Waals surface area contributed by atoms with Crippen LogP contribution in [-0.2, 0) is 4.79 Å². The molecule has 0 aliphatic carbocycles. The van der Waals surface area contributed by atoms with Gasteiger partial charge in [-0.15, -0.1) is 11.3 Å². The van der Waals surface area contributed by atoms with Gasteiger partial charge in [-0.1, -0.05) is 37.2 Å². The molecule has 1 heterocycles. The molecule has 3 rings (SSSR count). The van der Waals surface area contributed by atoms with E-state index in [1.54, 1.807) is 24.7 Å². The molecule has 0 unspecified atom stereocenters. The Kier molecular flexibility index (Phi) is 7.89. The molecule has 0 saturated carbocycles. The van der Waals surface area contributed by atoms with Gasteiger partial charge in [0.25, 0.3) is 5.91 Å². The van der Waals surface area contributed by atoms with E-state index in [1.165, 1.54) is 11.8 Å². The number of para-hydroxylation sites is 1. The van der Waals surface area contributed by atoms with E-state index in [4.69, 9.17) is 9.47 Å². The van der Waals surface area contributed by atoms with Crippen LogP contribution in [-0.4, -0.2) is 36.6 Å². The molecule has 6 nitrogen and oxygen atoms in total. The standard InChI is InChI=1S/C21H23N3O3S2/c1-3-4-11-27-17-10-9-15(12-18(17)26-2)13-22-24-20(25)14-28-21-23-16-7-5-6-8-19(16)29-21/h5-10,12-13H,3-4,11,14H2,1-2H3,(H,24,25)/b22-13+. The number of carbonyl (C=O) groups excluding carboxylic acids is 1. The van der Waals surface area contributed by atoms with Gasteiger partial charge in [-0.05, 0) is 42.3 Å². The molecule has 0 fully saturated rings. The highest BCUT2D eigenvalue weighted by Crippen LogP contribution is 2.29. The minimum Gasteiger partial charge on any atom is -0.493 e. The van der Waals surface area contributed by atoms with Gasteiger partial charge in [0.05, 0.1) is 35.9 Å². The number of hydrogen-bond donors (Lipinski definition) is 1. The van der Waals surface area contributed by atoms with Crippen molar-refractivity contribution in [3.8, 4) is 11.5 Å². The predicted molar refractivity (Wildman–Crippen MR) is 119 cm³/mol. The van der Waals surface area contributed by atoms with Crippen LogP contribution in [0.15, 0.2) is 51.9 Å². The number of hydrazone groups is 1. The van der Waals surface area contributed by atoms with Gasteiger partial charge in [0.15, 0.2) is 15.8 Å². The molecule has 0 bridgehead atoms. The maximum Gasteiger partial charge on any atom is 0.250 e. The number of unbranched alkanes of at least 4 members (excludes halogenated alkanes) is 1. The van der Waals surface area contributed by atoms with Crippen molar-refractivity contribution in [1.82, 2.24) is 10.4 Å². The second kappa shape index (κ2) is 10.8. The molecular formula is C21H23N3O3S2. The van der Waals surface area contributed by atoms with Crippen LogP contribution in [0.25, 0.3) is 10.2 Å². The van der Waals surface area contributed by atoms with Crippen LogP contribution in [0.1, 0.15) is 25.3 Å². The van der Waals surface area contributed by atoms with Gasteiger partial charge >= 0.3 is 0 Å². The number of thiazole rings is 1. The Morgan fingerprint density at radius 3 is 2.93 bits per heavy atom. The number of amides is 1. The molecule has 3 aromatic rings. The van der Waals surface area contributed by atoms with Crippen LogP contribution < -0.4 is 14.9 Å². The van der Waals surface area contributed by atoms with Crippen LogP contribution in [0.2, 0.25) is 0 Å². The van der Waals surface area contributed by atoms with E-state index in [2.05, 4.69) is 22.4 Å². The highest BCUT2D eigenvalue weighted by atomic mass is 32.2. The number of nitrogens with zero attached hydrogens (tertiary/aromatic N) is 2. The molecular weight excluding hydrogens is 406 g/mol. The molecule has 2 aromatic carbocycles. The van der Waals surface area contributed by atoms with Crippen LogP contribution in [0.5, 0.6) is 11.5 Å². The van der Waals surface area contributed by atoms with E-state index < -0.39 is 0 Å². The van der Waals surface area contributed by atoms with Crippen LogP contribution >= 0.6 is 23.1 Å². The third kappa shape index (κ3) is 6.20. The Hall–Kier alpha value is -2.58. The minimum atomic E-state index is -0.183. The first-order chi connectivity index (χ1) is 14.2. The SMILES string of the molecule is CCCCOc1ccc(/C=N/NC(=O)CSc2nc3ccccc3s2)cc1OC. The van der Waals surface area contributed by atoms with Gasteiger partial charge in [0.2, 0.25) is 0 Å². The van der Waals surface area contributed by atoms with Gasteiger partial charge < -0.3 is 9.47 Å². The van der Waals surface area contributed by atoms with E-state index in [1.807, 2.05) is 42.5 Å². The number of benzene rings is 2. The van der Waals surface area contributed by atoms with Gasteiger partial charge in [-0.2, -0.15) is 5.10 Å². The number of rotatable bonds is 10. The second-order valence-corrected chi connectivity index (χ2v) is 8.39. The van der Waals surface area contributed by atoms with Crippen molar-refractivity contribution in [3.05, 3.63) is 48.0 Å². The maximum atomic E-state index is 12.0. The molecule has 0 atom stereocenters. The topological polar surface area (TPSA) is 72.8 Å². The molecule has 0 spiro atoms. The smallest absolute Gasteiger partial charge is 0.250 e. The number of ether oxygens (including phenoxy) is 2. The summed E-state index contributed by atoms with van der Waals surface area (Å²) in [5.74, 6) is 1.42. The van der Waals surface area contributed by atoms with E-state index in [0.717, 1.165) is 33.0 Å². The van der Waals surface area contributed by atoms with Gasteiger partial charge in [-0.3, -0.25) is 4.79 Å². The second-order valence-electron chi connectivity index (χ2n) is 6.14. The Morgan fingerprint density at radius 2 is 2.14 bits per heavy atom. The summed E-state index contributed by atoms with van der Waals surface area (Å²) in [7, 11) is 1.60. The largest absolute Gasteiger partial charge is 0.493 e. The number of methoxy groups -OCH3 is 1. The van der Waals surface area contributed by atoms with Crippen molar-refractivity contribution in [2.45, 2.75) is 24.1 Å². The first kappa shape index (κ1) is 21.1. The van der Waals surface area contributed by atoms with E-state index in [0.29, 0.717) is 18.1 Å². The van der Waals surface area contributed by atoms with Crippen LogP contribution in [0.4, 0.5) is 0 Å². The third-order valence-electron chi connectivity index (χ3n) is 3.95. The molecule has 8 heteroatoms. The lowest BCUT2D eigenvalue weighted by Crippen LogP contribution is -2.19. The summed E-state index contributed by atoms with van der Waals surface area (Å²) < 4.78 is 13.1. The van der Waals surface area contributed by atoms with E-state index >= 15 is 0 Å². The molecule has 0 aliphatic heterocycles. The lowest BCUT2D eigenvalue weighted by molar-refractivity contribution is -0.118. The molecule has 1 amide bonds. The molecule has 0 saturated heterocycles. The van der Waals surface area contributed by atoms with Crippen LogP contribution in [0, 0.1) is 0 Å². The summed E-state index contributed by atoms with van der Waals surface area (Å²) >= 11 is 2.98. The molecule has 152 valence electrons. The van der Waals surface area contributed by atoms with Gasteiger partial charge in [-0.25, -0.2) is 10.4 Å². The van der Waals surface area contributed by atoms with Gasteiger partial charge in [0.1, 0.15) is 0 Å². The Balaban J connectivity index is 1.50. The number of hydrogen-bond acceptors (Lipinski definition) is 7. The molecule has 0 radical (unpaired) electrons. The lowest BCUT2D eigenvalue weighted by atomic mass is 10.2. The summed E-state index contributed by atoms with van der Waals surface area (Å²) in [4.78, 5) is 16.5. The normalized spacial score (nSPS) is 11.1. The molecule has 1 N–H and O–H groups in total. The van der Waals surface area contributed by atoms with Crippen molar-refractivity contribution in [3.63, 3.8) is 0 Å². The predicted octanol–water partition coefficient (Wildman–Crippen LogP) is 4.73. The summed E-state index contributed by atoms with van der Waals surface area (Å²) in [6.45, 7) is 2.77. The number of nitrogens with one attached hydrogen (secondary N) is 1. The highest BCUT2D eigenvalue weighted by molar-refractivity contribution is 8.01. The Morgan fingerprint density at radius 1 is 1.28 bits per heavy atom. The zero-order chi connectivity index (χ0) is 20.5. The maximum absolute atomic E-state index is 12.0. The fraction of sp³-hybridized carbons (Fsp3) is 0.286. The highest BCUT2D eigenvalue weighted by Gasteiger charge is 2.07. The first-order valence-electron chi connectivity index (χ1n) is 9.30. The monoisotopic (exact) mass is 429 g/mol. The zero-order valence-electron chi connectivity index (χ0n) is 16.4. The lowest BCUT2D eigenvalue weighted by Gasteiger charge is -2.10. The fourth-order valence-corrected chi connectivity index (χ4v) is 4.32. The van der Waals surface area contributed by atoms with Crippen molar-refractivity contribution < 1.29 is 14.3 Å². The number of thioether (sulfide) groups is 1. The van der Waals surface area contributed by atoms with E-state index in [9.17, 15) is 4.79 Å². The zero-order valence-corrected chi connectivity index (χ0v) is 18.0.